The molecule has 5 nitrogen and oxygen atoms in total. The molecule has 142 valence electrons. The lowest BCUT2D eigenvalue weighted by Crippen LogP contribution is -2.50. The van der Waals surface area contributed by atoms with Crippen molar-refractivity contribution in [2.24, 2.45) is 5.92 Å². The van der Waals surface area contributed by atoms with Gasteiger partial charge in [0.25, 0.3) is 0 Å². The summed E-state index contributed by atoms with van der Waals surface area (Å²) in [6, 6.07) is 16.3. The van der Waals surface area contributed by atoms with Gasteiger partial charge in [0.05, 0.1) is 6.42 Å². The van der Waals surface area contributed by atoms with Crippen LogP contribution in [-0.4, -0.2) is 59.3 Å². The van der Waals surface area contributed by atoms with Gasteiger partial charge in [-0.3, -0.25) is 14.5 Å². The molecule has 1 unspecified atom stereocenters. The van der Waals surface area contributed by atoms with Gasteiger partial charge in [-0.1, -0.05) is 49.4 Å². The van der Waals surface area contributed by atoms with Gasteiger partial charge in [-0.05, 0) is 17.7 Å². The molecular formula is C22H26N2O3. The molecule has 1 amide bonds. The summed E-state index contributed by atoms with van der Waals surface area (Å²) in [7, 11) is 0. The van der Waals surface area contributed by atoms with Gasteiger partial charge in [-0.25, -0.2) is 0 Å². The third-order valence-electron chi connectivity index (χ3n) is 5.03. The second-order valence-electron chi connectivity index (χ2n) is 7.16. The molecule has 1 heterocycles. The number of Topliss-reactive ketones (excluding diaryl/α,β-unsaturated/α-hetero) is 1. The Morgan fingerprint density at radius 1 is 1.00 bits per heavy atom. The Bertz CT molecular complexity index is 783. The van der Waals surface area contributed by atoms with Crippen molar-refractivity contribution in [1.29, 1.82) is 0 Å². The fourth-order valence-corrected chi connectivity index (χ4v) is 3.48. The standard InChI is InChI=1S/C22H26N2O3/c1-17(22(27)19-8-5-9-20(25)15-19)16-23-10-12-24(13-11-23)21(26)14-18-6-3-2-4-7-18/h2-9,15,17,25H,10-14,16H2,1H3. The highest BCUT2D eigenvalue weighted by molar-refractivity contribution is 5.98. The molecule has 27 heavy (non-hydrogen) atoms. The minimum atomic E-state index is -0.154. The van der Waals surface area contributed by atoms with Gasteiger partial charge in [0.1, 0.15) is 5.75 Å². The van der Waals surface area contributed by atoms with Crippen molar-refractivity contribution in [3.8, 4) is 5.75 Å². The van der Waals surface area contributed by atoms with E-state index in [4.69, 9.17) is 0 Å². The largest absolute Gasteiger partial charge is 0.508 e. The minimum Gasteiger partial charge on any atom is -0.508 e. The van der Waals surface area contributed by atoms with Crippen LogP contribution in [-0.2, 0) is 11.2 Å². The first-order chi connectivity index (χ1) is 13.0. The monoisotopic (exact) mass is 366 g/mol. The molecule has 0 aliphatic carbocycles. The quantitative estimate of drug-likeness (QED) is 0.799. The summed E-state index contributed by atoms with van der Waals surface area (Å²) in [6.45, 7) is 5.52. The minimum absolute atomic E-state index is 0.0356. The van der Waals surface area contributed by atoms with Crippen LogP contribution in [0.25, 0.3) is 0 Å². The van der Waals surface area contributed by atoms with Crippen molar-refractivity contribution < 1.29 is 14.7 Å². The average Bonchev–Trinajstić information content (AvgIpc) is 2.68. The number of hydrogen-bond acceptors (Lipinski definition) is 4. The fourth-order valence-electron chi connectivity index (χ4n) is 3.48. The normalized spacial score (nSPS) is 16.1. The number of phenols is 1. The third-order valence-corrected chi connectivity index (χ3v) is 5.03. The van der Waals surface area contributed by atoms with Crippen LogP contribution in [0.1, 0.15) is 22.8 Å². The Morgan fingerprint density at radius 3 is 2.37 bits per heavy atom. The molecule has 2 aromatic carbocycles. The van der Waals surface area contributed by atoms with E-state index in [1.807, 2.05) is 42.2 Å². The summed E-state index contributed by atoms with van der Waals surface area (Å²) in [6.07, 6.45) is 0.438. The molecule has 3 rings (SSSR count). The molecule has 1 aliphatic rings. The summed E-state index contributed by atoms with van der Waals surface area (Å²) >= 11 is 0. The van der Waals surface area contributed by atoms with Crippen LogP contribution < -0.4 is 0 Å². The van der Waals surface area contributed by atoms with E-state index in [0.29, 0.717) is 31.6 Å². The number of rotatable bonds is 6. The maximum Gasteiger partial charge on any atom is 0.227 e. The Hall–Kier alpha value is -2.66. The molecule has 1 fully saturated rings. The number of amides is 1. The third kappa shape index (κ3) is 5.17. The smallest absolute Gasteiger partial charge is 0.227 e. The SMILES string of the molecule is CC(CN1CCN(C(=O)Cc2ccccc2)CC1)C(=O)c1cccc(O)c1. The van der Waals surface area contributed by atoms with Crippen molar-refractivity contribution in [2.45, 2.75) is 13.3 Å². The number of hydrogen-bond donors (Lipinski definition) is 1. The molecule has 0 spiro atoms. The van der Waals surface area contributed by atoms with Gasteiger partial charge in [0.15, 0.2) is 5.78 Å². The molecular weight excluding hydrogens is 340 g/mol. The second kappa shape index (κ2) is 8.82. The van der Waals surface area contributed by atoms with Crippen LogP contribution in [0.15, 0.2) is 54.6 Å². The number of aromatic hydroxyl groups is 1. The predicted octanol–water partition coefficient (Wildman–Crippen LogP) is 2.60. The van der Waals surface area contributed by atoms with E-state index >= 15 is 0 Å². The molecule has 0 radical (unpaired) electrons. The van der Waals surface area contributed by atoms with Gasteiger partial charge < -0.3 is 10.0 Å². The molecule has 1 saturated heterocycles. The number of benzene rings is 2. The Balaban J connectivity index is 1.47. The van der Waals surface area contributed by atoms with Crippen molar-refractivity contribution >= 4 is 11.7 Å². The first-order valence-corrected chi connectivity index (χ1v) is 9.40. The van der Waals surface area contributed by atoms with Crippen LogP contribution in [0, 0.1) is 5.92 Å². The van der Waals surface area contributed by atoms with E-state index < -0.39 is 0 Å². The first-order valence-electron chi connectivity index (χ1n) is 9.40. The molecule has 1 N–H and O–H groups in total. The average molecular weight is 366 g/mol. The topological polar surface area (TPSA) is 60.9 Å². The molecule has 0 bridgehead atoms. The van der Waals surface area contributed by atoms with E-state index in [1.165, 1.54) is 6.07 Å². The number of nitrogens with zero attached hydrogens (tertiary/aromatic N) is 2. The van der Waals surface area contributed by atoms with Crippen LogP contribution in [0.3, 0.4) is 0 Å². The summed E-state index contributed by atoms with van der Waals surface area (Å²) < 4.78 is 0. The zero-order valence-electron chi connectivity index (χ0n) is 15.7. The zero-order chi connectivity index (χ0) is 19.2. The van der Waals surface area contributed by atoms with Crippen molar-refractivity contribution in [2.75, 3.05) is 32.7 Å². The molecule has 2 aromatic rings. The lowest BCUT2D eigenvalue weighted by Gasteiger charge is -2.35. The van der Waals surface area contributed by atoms with Crippen molar-refractivity contribution in [3.05, 3.63) is 65.7 Å². The highest BCUT2D eigenvalue weighted by atomic mass is 16.3. The van der Waals surface area contributed by atoms with Crippen molar-refractivity contribution in [3.63, 3.8) is 0 Å². The van der Waals surface area contributed by atoms with Gasteiger partial charge in [-0.15, -0.1) is 0 Å². The van der Waals surface area contributed by atoms with Crippen LogP contribution in [0.5, 0.6) is 5.75 Å². The molecule has 0 saturated carbocycles. The second-order valence-corrected chi connectivity index (χ2v) is 7.16. The van der Waals surface area contributed by atoms with Crippen LogP contribution >= 0.6 is 0 Å². The van der Waals surface area contributed by atoms with Gasteiger partial charge in [-0.2, -0.15) is 0 Å². The van der Waals surface area contributed by atoms with E-state index in [1.54, 1.807) is 18.2 Å². The first kappa shape index (κ1) is 19.1. The van der Waals surface area contributed by atoms with Crippen LogP contribution in [0.2, 0.25) is 0 Å². The highest BCUT2D eigenvalue weighted by Gasteiger charge is 2.24. The van der Waals surface area contributed by atoms with E-state index in [0.717, 1.165) is 18.7 Å². The number of piperazine rings is 1. The number of carbonyl (C=O) groups is 2. The van der Waals surface area contributed by atoms with E-state index in [2.05, 4.69) is 4.90 Å². The highest BCUT2D eigenvalue weighted by Crippen LogP contribution is 2.16. The van der Waals surface area contributed by atoms with Gasteiger partial charge in [0, 0.05) is 44.2 Å². The number of phenolic OH excluding ortho intramolecular Hbond substituents is 1. The summed E-state index contributed by atoms with van der Waals surface area (Å²) in [4.78, 5) is 29.1. The lowest BCUT2D eigenvalue weighted by atomic mass is 9.98. The van der Waals surface area contributed by atoms with Crippen molar-refractivity contribution in [1.82, 2.24) is 9.80 Å². The molecule has 5 heteroatoms. The fraction of sp³-hybridized carbons (Fsp3) is 0.364. The molecule has 0 aromatic heterocycles. The lowest BCUT2D eigenvalue weighted by molar-refractivity contribution is -0.132. The maximum atomic E-state index is 12.5. The number of ketones is 1. The Labute approximate surface area is 160 Å². The predicted molar refractivity (Wildman–Crippen MR) is 105 cm³/mol. The molecule has 1 aliphatic heterocycles. The van der Waals surface area contributed by atoms with Crippen LogP contribution in [0.4, 0.5) is 0 Å². The maximum absolute atomic E-state index is 12.5. The number of carbonyl (C=O) groups excluding carboxylic acids is 2. The van der Waals surface area contributed by atoms with Gasteiger partial charge >= 0.3 is 0 Å². The van der Waals surface area contributed by atoms with Gasteiger partial charge in [0.2, 0.25) is 5.91 Å². The van der Waals surface area contributed by atoms with E-state index in [9.17, 15) is 14.7 Å². The zero-order valence-corrected chi connectivity index (χ0v) is 15.7. The summed E-state index contributed by atoms with van der Waals surface area (Å²) in [5.41, 5.74) is 1.58. The molecule has 1 atom stereocenters. The van der Waals surface area contributed by atoms with E-state index in [-0.39, 0.29) is 23.4 Å². The Morgan fingerprint density at radius 2 is 1.70 bits per heavy atom. The Kier molecular flexibility index (Phi) is 6.24. The summed E-state index contributed by atoms with van der Waals surface area (Å²) in [5, 5.41) is 9.55. The summed E-state index contributed by atoms with van der Waals surface area (Å²) in [5.74, 6) is 0.148.